The summed E-state index contributed by atoms with van der Waals surface area (Å²) in [5, 5.41) is 0.680. The van der Waals surface area contributed by atoms with E-state index >= 15 is 0 Å². The Labute approximate surface area is 172 Å². The fourth-order valence-electron chi connectivity index (χ4n) is 4.12. The monoisotopic (exact) mass is 398 g/mol. The standard InChI is InChI=1S/C23H27ClN2O2/c24-19-10-11-22-21(14-19)26(16-18-8-4-3-5-9-18)20(17-28-22)15-23(27)25-12-6-1-2-7-13-25/h3-5,8-11,14,20H,1-2,6-7,12-13,15-17H2/t20-/m1/s1. The maximum Gasteiger partial charge on any atom is 0.224 e. The quantitative estimate of drug-likeness (QED) is 0.734. The lowest BCUT2D eigenvalue weighted by Gasteiger charge is -2.39. The summed E-state index contributed by atoms with van der Waals surface area (Å²) in [5.74, 6) is 1.07. The summed E-state index contributed by atoms with van der Waals surface area (Å²) < 4.78 is 6.00. The van der Waals surface area contributed by atoms with Crippen LogP contribution in [0.2, 0.25) is 5.02 Å². The molecule has 4 nitrogen and oxygen atoms in total. The van der Waals surface area contributed by atoms with Gasteiger partial charge in [0, 0.05) is 24.7 Å². The Morgan fingerprint density at radius 2 is 1.79 bits per heavy atom. The number of anilines is 1. The van der Waals surface area contributed by atoms with Crippen LogP contribution in [0.15, 0.2) is 48.5 Å². The second-order valence-corrected chi connectivity index (χ2v) is 8.13. The van der Waals surface area contributed by atoms with Gasteiger partial charge in [-0.15, -0.1) is 0 Å². The summed E-state index contributed by atoms with van der Waals surface area (Å²) in [7, 11) is 0. The van der Waals surface area contributed by atoms with Crippen LogP contribution >= 0.6 is 11.6 Å². The third kappa shape index (κ3) is 4.44. The molecule has 2 aromatic carbocycles. The minimum Gasteiger partial charge on any atom is -0.489 e. The molecule has 1 fully saturated rings. The van der Waals surface area contributed by atoms with Crippen LogP contribution in [0.5, 0.6) is 5.75 Å². The molecular weight excluding hydrogens is 372 g/mol. The van der Waals surface area contributed by atoms with Crippen LogP contribution in [-0.2, 0) is 11.3 Å². The smallest absolute Gasteiger partial charge is 0.224 e. The predicted molar refractivity (Wildman–Crippen MR) is 113 cm³/mol. The summed E-state index contributed by atoms with van der Waals surface area (Å²) in [4.78, 5) is 17.3. The van der Waals surface area contributed by atoms with Gasteiger partial charge < -0.3 is 14.5 Å². The first-order valence-electron chi connectivity index (χ1n) is 10.2. The summed E-state index contributed by atoms with van der Waals surface area (Å²) in [6.45, 7) is 3.01. The van der Waals surface area contributed by atoms with Gasteiger partial charge >= 0.3 is 0 Å². The average Bonchev–Trinajstić information content (AvgIpc) is 3.00. The van der Waals surface area contributed by atoms with Crippen molar-refractivity contribution in [1.82, 2.24) is 4.90 Å². The molecule has 0 spiro atoms. The largest absolute Gasteiger partial charge is 0.489 e. The molecule has 0 unspecified atom stereocenters. The molecule has 1 atom stereocenters. The van der Waals surface area contributed by atoms with E-state index in [0.29, 0.717) is 18.1 Å². The Kier molecular flexibility index (Phi) is 6.06. The number of benzene rings is 2. The van der Waals surface area contributed by atoms with Crippen molar-refractivity contribution in [3.63, 3.8) is 0 Å². The second kappa shape index (κ2) is 8.87. The van der Waals surface area contributed by atoms with Crippen LogP contribution in [-0.4, -0.2) is 36.5 Å². The molecule has 28 heavy (non-hydrogen) atoms. The van der Waals surface area contributed by atoms with Crippen molar-refractivity contribution in [1.29, 1.82) is 0 Å². The molecule has 1 saturated heterocycles. The molecule has 0 aliphatic carbocycles. The highest BCUT2D eigenvalue weighted by Gasteiger charge is 2.31. The van der Waals surface area contributed by atoms with Crippen LogP contribution in [0.25, 0.3) is 0 Å². The van der Waals surface area contributed by atoms with Crippen molar-refractivity contribution in [2.24, 2.45) is 0 Å². The molecule has 2 aliphatic heterocycles. The lowest BCUT2D eigenvalue weighted by atomic mass is 10.1. The number of hydrogen-bond acceptors (Lipinski definition) is 3. The summed E-state index contributed by atoms with van der Waals surface area (Å²) >= 11 is 6.28. The highest BCUT2D eigenvalue weighted by atomic mass is 35.5. The third-order valence-electron chi connectivity index (χ3n) is 5.67. The molecule has 2 aromatic rings. The van der Waals surface area contributed by atoms with Crippen molar-refractivity contribution >= 4 is 23.2 Å². The first-order chi connectivity index (χ1) is 13.7. The second-order valence-electron chi connectivity index (χ2n) is 7.69. The molecule has 1 amide bonds. The lowest BCUT2D eigenvalue weighted by molar-refractivity contribution is -0.131. The zero-order valence-electron chi connectivity index (χ0n) is 16.1. The van der Waals surface area contributed by atoms with Gasteiger partial charge in [-0.3, -0.25) is 4.79 Å². The van der Waals surface area contributed by atoms with E-state index in [0.717, 1.165) is 43.9 Å². The molecule has 148 valence electrons. The maximum absolute atomic E-state index is 13.0. The maximum atomic E-state index is 13.0. The normalized spacial score (nSPS) is 19.5. The van der Waals surface area contributed by atoms with Crippen molar-refractivity contribution in [3.05, 3.63) is 59.1 Å². The molecule has 2 aliphatic rings. The van der Waals surface area contributed by atoms with Gasteiger partial charge in [-0.25, -0.2) is 0 Å². The number of fused-ring (bicyclic) bond motifs is 1. The van der Waals surface area contributed by atoms with E-state index in [9.17, 15) is 4.79 Å². The number of halogens is 1. The van der Waals surface area contributed by atoms with Gasteiger partial charge in [0.15, 0.2) is 0 Å². The van der Waals surface area contributed by atoms with Crippen LogP contribution in [0.1, 0.15) is 37.7 Å². The number of nitrogens with zero attached hydrogens (tertiary/aromatic N) is 2. The van der Waals surface area contributed by atoms with E-state index in [2.05, 4.69) is 17.0 Å². The molecule has 0 bridgehead atoms. The highest BCUT2D eigenvalue weighted by Crippen LogP contribution is 2.38. The Morgan fingerprint density at radius 1 is 1.04 bits per heavy atom. The minimum absolute atomic E-state index is 0.00178. The molecule has 0 radical (unpaired) electrons. The minimum atomic E-state index is 0.00178. The van der Waals surface area contributed by atoms with E-state index in [1.54, 1.807) is 0 Å². The van der Waals surface area contributed by atoms with Crippen LogP contribution < -0.4 is 9.64 Å². The Hall–Kier alpha value is -2.20. The molecule has 0 aromatic heterocycles. The third-order valence-corrected chi connectivity index (χ3v) is 5.90. The number of likely N-dealkylation sites (tertiary alicyclic amines) is 1. The van der Waals surface area contributed by atoms with E-state index in [1.165, 1.54) is 18.4 Å². The molecular formula is C23H27ClN2O2. The van der Waals surface area contributed by atoms with Gasteiger partial charge in [0.2, 0.25) is 5.91 Å². The average molecular weight is 399 g/mol. The predicted octanol–water partition coefficient (Wildman–Crippen LogP) is 4.90. The van der Waals surface area contributed by atoms with Crippen molar-refractivity contribution in [3.8, 4) is 5.75 Å². The summed E-state index contributed by atoms with van der Waals surface area (Å²) in [6.07, 6.45) is 5.14. The zero-order valence-corrected chi connectivity index (χ0v) is 16.9. The molecule has 0 N–H and O–H groups in total. The number of carbonyl (C=O) groups is 1. The fourth-order valence-corrected chi connectivity index (χ4v) is 4.29. The van der Waals surface area contributed by atoms with Crippen LogP contribution in [0.4, 0.5) is 5.69 Å². The van der Waals surface area contributed by atoms with Crippen molar-refractivity contribution in [2.75, 3.05) is 24.6 Å². The molecule has 4 rings (SSSR count). The fraction of sp³-hybridized carbons (Fsp3) is 0.435. The van der Waals surface area contributed by atoms with E-state index in [1.807, 2.05) is 41.3 Å². The molecule has 5 heteroatoms. The van der Waals surface area contributed by atoms with Crippen molar-refractivity contribution < 1.29 is 9.53 Å². The molecule has 0 saturated carbocycles. The number of carbonyl (C=O) groups excluding carboxylic acids is 1. The Balaban J connectivity index is 1.56. The van der Waals surface area contributed by atoms with Gasteiger partial charge in [-0.2, -0.15) is 0 Å². The van der Waals surface area contributed by atoms with E-state index in [4.69, 9.17) is 16.3 Å². The molecule has 2 heterocycles. The zero-order chi connectivity index (χ0) is 19.3. The lowest BCUT2D eigenvalue weighted by Crippen LogP contribution is -2.46. The van der Waals surface area contributed by atoms with Crippen LogP contribution in [0.3, 0.4) is 0 Å². The van der Waals surface area contributed by atoms with Gasteiger partial charge in [-0.05, 0) is 36.6 Å². The number of ether oxygens (including phenoxy) is 1. The summed E-state index contributed by atoms with van der Waals surface area (Å²) in [6, 6.07) is 16.1. The van der Waals surface area contributed by atoms with Crippen LogP contribution in [0, 0.1) is 0 Å². The first-order valence-corrected chi connectivity index (χ1v) is 10.6. The summed E-state index contributed by atoms with van der Waals surface area (Å²) in [5.41, 5.74) is 2.18. The Bertz CT molecular complexity index is 804. The number of amides is 1. The van der Waals surface area contributed by atoms with Gasteiger partial charge in [0.1, 0.15) is 12.4 Å². The Morgan fingerprint density at radius 3 is 2.54 bits per heavy atom. The van der Waals surface area contributed by atoms with Gasteiger partial charge in [-0.1, -0.05) is 54.8 Å². The first kappa shape index (κ1) is 19.1. The van der Waals surface area contributed by atoms with E-state index < -0.39 is 0 Å². The SMILES string of the molecule is O=C(C[C@@H]1COc2ccc(Cl)cc2N1Cc1ccccc1)N1CCCCCC1. The number of hydrogen-bond donors (Lipinski definition) is 0. The van der Waals surface area contributed by atoms with Gasteiger partial charge in [0.05, 0.1) is 18.2 Å². The van der Waals surface area contributed by atoms with E-state index in [-0.39, 0.29) is 11.9 Å². The topological polar surface area (TPSA) is 32.8 Å². The van der Waals surface area contributed by atoms with Crippen molar-refractivity contribution in [2.45, 2.75) is 44.7 Å². The van der Waals surface area contributed by atoms with Gasteiger partial charge in [0.25, 0.3) is 0 Å². The number of rotatable bonds is 4. The highest BCUT2D eigenvalue weighted by molar-refractivity contribution is 6.31.